The second-order valence-corrected chi connectivity index (χ2v) is 28.0. The molecule has 2 aliphatic rings. The summed E-state index contributed by atoms with van der Waals surface area (Å²) in [7, 11) is 0. The minimum Gasteiger partial charge on any atom is -0.493 e. The van der Waals surface area contributed by atoms with Crippen LogP contribution in [0.2, 0.25) is 0 Å². The summed E-state index contributed by atoms with van der Waals surface area (Å²) in [5.74, 6) is 1.63. The van der Waals surface area contributed by atoms with Crippen LogP contribution in [0.3, 0.4) is 0 Å². The number of ether oxygens (including phenoxy) is 6. The minimum atomic E-state index is -0.508. The van der Waals surface area contributed by atoms with E-state index in [4.69, 9.17) is 28.4 Å². The first-order valence-corrected chi connectivity index (χ1v) is 34.9. The van der Waals surface area contributed by atoms with Crippen LogP contribution in [0, 0.1) is 25.5 Å². The third kappa shape index (κ3) is 14.0. The van der Waals surface area contributed by atoms with Gasteiger partial charge < -0.3 is 37.6 Å². The molecule has 10 aromatic rings. The maximum atomic E-state index is 16.6. The van der Waals surface area contributed by atoms with E-state index in [0.29, 0.717) is 64.9 Å². The van der Waals surface area contributed by atoms with Gasteiger partial charge in [0.05, 0.1) is 59.9 Å². The summed E-state index contributed by atoms with van der Waals surface area (Å²) in [5, 5.41) is 4.62. The van der Waals surface area contributed by atoms with Crippen molar-refractivity contribution < 1.29 is 37.2 Å². The second kappa shape index (κ2) is 28.5. The topological polar surface area (TPSA) is 65.2 Å². The molecule has 0 bridgehead atoms. The summed E-state index contributed by atoms with van der Waals surface area (Å²) >= 11 is 0. The molecule has 2 fully saturated rings. The number of fused-ring (bicyclic) bond motifs is 6. The monoisotopic (exact) mass is 1250 g/mol. The van der Waals surface area contributed by atoms with Gasteiger partial charge in [-0.15, -0.1) is 0 Å². The van der Waals surface area contributed by atoms with Gasteiger partial charge in [0.25, 0.3) is 0 Å². The number of halogens is 2. The molecule has 8 nitrogen and oxygen atoms in total. The third-order valence-electron chi connectivity index (χ3n) is 19.4. The van der Waals surface area contributed by atoms with Crippen molar-refractivity contribution in [2.45, 2.75) is 202 Å². The van der Waals surface area contributed by atoms with Crippen LogP contribution in [0.25, 0.3) is 77.2 Å². The summed E-state index contributed by atoms with van der Waals surface area (Å²) in [6.07, 6.45) is 15.4. The largest absolute Gasteiger partial charge is 0.493 e. The lowest BCUT2D eigenvalue weighted by Gasteiger charge is -2.31. The molecule has 2 aromatic heterocycles. The number of para-hydroxylation sites is 2. The maximum absolute atomic E-state index is 16.6. The molecule has 488 valence electrons. The van der Waals surface area contributed by atoms with Gasteiger partial charge in [-0.05, 0) is 189 Å². The van der Waals surface area contributed by atoms with Crippen LogP contribution in [-0.2, 0) is 33.1 Å². The first-order chi connectivity index (χ1) is 45.0. The minimum absolute atomic E-state index is 0.239. The molecule has 0 spiro atoms. The quantitative estimate of drug-likeness (QED) is 0.0531. The van der Waals surface area contributed by atoms with Crippen molar-refractivity contribution in [3.05, 3.63) is 178 Å². The molecule has 0 amide bonds. The van der Waals surface area contributed by atoms with E-state index in [9.17, 15) is 0 Å². The van der Waals surface area contributed by atoms with Crippen LogP contribution in [-0.4, -0.2) is 48.1 Å². The fraction of sp³-hybridized carbons (Fsp3) is 0.422. The van der Waals surface area contributed by atoms with E-state index in [-0.39, 0.29) is 35.7 Å². The number of aryl methyl sites for hydroxylation is 4. The lowest BCUT2D eigenvalue weighted by atomic mass is 9.78. The van der Waals surface area contributed by atoms with E-state index >= 15 is 8.78 Å². The fourth-order valence-electron chi connectivity index (χ4n) is 14.1. The number of nitrogens with zero attached hydrogens (tertiary/aromatic N) is 2. The summed E-state index contributed by atoms with van der Waals surface area (Å²) in [4.78, 5) is 0. The molecule has 0 saturated carbocycles. The molecule has 8 aromatic carbocycles. The van der Waals surface area contributed by atoms with Crippen LogP contribution >= 0.6 is 0 Å². The van der Waals surface area contributed by atoms with Gasteiger partial charge in [-0.2, -0.15) is 0 Å². The zero-order valence-corrected chi connectivity index (χ0v) is 56.8. The Morgan fingerprint density at radius 1 is 0.452 bits per heavy atom. The second-order valence-electron chi connectivity index (χ2n) is 28.0. The molecule has 2 atom stereocenters. The summed E-state index contributed by atoms with van der Waals surface area (Å²) < 4.78 is 79.2. The van der Waals surface area contributed by atoms with E-state index in [1.807, 2.05) is 13.8 Å². The van der Waals surface area contributed by atoms with Gasteiger partial charge in [-0.1, -0.05) is 148 Å². The van der Waals surface area contributed by atoms with Gasteiger partial charge in [-0.3, -0.25) is 0 Å². The average Bonchev–Trinajstić information content (AvgIpc) is 1.66. The molecule has 93 heavy (non-hydrogen) atoms. The average molecular weight is 1260 g/mol. The molecule has 4 heterocycles. The molecular weight excluding hydrogens is 1160 g/mol. The van der Waals surface area contributed by atoms with E-state index < -0.39 is 12.6 Å². The molecule has 10 heteroatoms. The summed E-state index contributed by atoms with van der Waals surface area (Å²) in [6.45, 7) is 23.6. The molecule has 0 N–H and O–H groups in total. The maximum Gasteiger partial charge on any atom is 0.199 e. The Morgan fingerprint density at radius 3 is 1.34 bits per heavy atom. The van der Waals surface area contributed by atoms with Crippen molar-refractivity contribution in [3.8, 4) is 56.6 Å². The molecule has 2 aliphatic heterocycles. The molecule has 0 aliphatic carbocycles. The number of hydrogen-bond donors (Lipinski definition) is 0. The van der Waals surface area contributed by atoms with Gasteiger partial charge in [0.2, 0.25) is 0 Å². The van der Waals surface area contributed by atoms with Crippen molar-refractivity contribution in [3.63, 3.8) is 0 Å². The Hall–Kier alpha value is -7.66. The van der Waals surface area contributed by atoms with Crippen LogP contribution in [0.4, 0.5) is 8.78 Å². The standard InChI is InChI=1S/C83H96F2N2O6/c1-11-14-23-39-83(9,10)59-49-67(81(93-77-34-22-25-41-89-77)75(51-59)87-71-32-20-18-30-63(71)65-38-36-57(28-16-13-3)47-73(65)87)69-53-61(85)45-55(5)79(69)91-43-26-42-90-78-54(4)44-60(84)52-68(78)66-48-58(82(6,7)8)50-74(80(66)92-76-33-21-24-40-88-76)86-70-31-19-17-29-62(70)64-37-35-56(27-15-12-2)46-72(64)86/h17-20,29-32,35-38,44-53,76-77H,11-16,21-28,33-34,39-43H2,1-10H3. The van der Waals surface area contributed by atoms with E-state index in [1.165, 1.54) is 11.1 Å². The Labute approximate surface area is 550 Å². The zero-order chi connectivity index (χ0) is 65.0. The number of hydrogen-bond acceptors (Lipinski definition) is 6. The van der Waals surface area contributed by atoms with E-state index in [2.05, 4.69) is 174 Å². The van der Waals surface area contributed by atoms with Crippen molar-refractivity contribution in [2.75, 3.05) is 26.4 Å². The van der Waals surface area contributed by atoms with Crippen molar-refractivity contribution in [2.24, 2.45) is 0 Å². The van der Waals surface area contributed by atoms with Crippen LogP contribution in [0.15, 0.2) is 133 Å². The van der Waals surface area contributed by atoms with Gasteiger partial charge in [0.1, 0.15) is 23.1 Å². The normalized spacial score (nSPS) is 15.7. The Bertz CT molecular complexity index is 4290. The first kappa shape index (κ1) is 65.4. The highest BCUT2D eigenvalue weighted by Gasteiger charge is 2.33. The predicted octanol–water partition coefficient (Wildman–Crippen LogP) is 22.6. The Kier molecular flexibility index (Phi) is 20.1. The van der Waals surface area contributed by atoms with Crippen molar-refractivity contribution in [1.82, 2.24) is 9.13 Å². The molecule has 12 rings (SSSR count). The van der Waals surface area contributed by atoms with Gasteiger partial charge in [0, 0.05) is 63.1 Å². The SMILES string of the molecule is CCCCCC(C)(C)c1cc(-c2cc(F)cc(C)c2OCCCOc2c(C)cc(F)cc2-c2cc(C(C)(C)C)cc(-n3c4ccccc4c4ccc(CCCC)cc43)c2OC2CCCCO2)c(OC2CCCCO2)c(-n2c3ccccc3c3ccc(CCCC)cc32)c1. The summed E-state index contributed by atoms with van der Waals surface area (Å²) in [6, 6.07) is 46.3. The predicted molar refractivity (Wildman–Crippen MR) is 379 cm³/mol. The van der Waals surface area contributed by atoms with E-state index in [1.54, 1.807) is 24.3 Å². The van der Waals surface area contributed by atoms with Gasteiger partial charge in [-0.25, -0.2) is 8.78 Å². The smallest absolute Gasteiger partial charge is 0.199 e. The molecule has 2 saturated heterocycles. The third-order valence-corrected chi connectivity index (χ3v) is 19.4. The van der Waals surface area contributed by atoms with Crippen molar-refractivity contribution in [1.29, 1.82) is 0 Å². The number of rotatable bonds is 25. The lowest BCUT2D eigenvalue weighted by Crippen LogP contribution is -2.26. The van der Waals surface area contributed by atoms with Crippen LogP contribution in [0.5, 0.6) is 23.0 Å². The lowest BCUT2D eigenvalue weighted by molar-refractivity contribution is -0.105. The Morgan fingerprint density at radius 2 is 0.892 bits per heavy atom. The highest BCUT2D eigenvalue weighted by Crippen LogP contribution is 2.51. The molecule has 2 unspecified atom stereocenters. The van der Waals surface area contributed by atoms with Crippen molar-refractivity contribution >= 4 is 43.6 Å². The first-order valence-electron chi connectivity index (χ1n) is 34.9. The number of benzene rings is 8. The van der Waals surface area contributed by atoms with E-state index in [0.717, 1.165) is 180 Å². The fourth-order valence-corrected chi connectivity index (χ4v) is 14.1. The van der Waals surface area contributed by atoms with Crippen LogP contribution < -0.4 is 18.9 Å². The van der Waals surface area contributed by atoms with Gasteiger partial charge in [0.15, 0.2) is 24.1 Å². The molecule has 0 radical (unpaired) electrons. The highest BCUT2D eigenvalue weighted by atomic mass is 19.1. The molecular formula is C83H96F2N2O6. The van der Waals surface area contributed by atoms with Crippen LogP contribution in [0.1, 0.15) is 185 Å². The summed E-state index contributed by atoms with van der Waals surface area (Å²) in [5.41, 5.74) is 14.2. The number of aromatic nitrogens is 2. The highest BCUT2D eigenvalue weighted by molar-refractivity contribution is 6.11. The van der Waals surface area contributed by atoms with Gasteiger partial charge >= 0.3 is 0 Å². The number of unbranched alkanes of at least 4 members (excludes halogenated alkanes) is 4. The Balaban J connectivity index is 0.949. The zero-order valence-electron chi connectivity index (χ0n) is 56.8.